The van der Waals surface area contributed by atoms with Crippen molar-refractivity contribution in [1.29, 1.82) is 5.26 Å². The third kappa shape index (κ3) is 2.63. The first-order valence-electron chi connectivity index (χ1n) is 5.16. The van der Waals surface area contributed by atoms with Crippen LogP contribution < -0.4 is 5.32 Å². The van der Waals surface area contributed by atoms with Crippen LogP contribution in [0.5, 0.6) is 0 Å². The zero-order chi connectivity index (χ0) is 12.3. The van der Waals surface area contributed by atoms with Gasteiger partial charge in [0.1, 0.15) is 5.82 Å². The van der Waals surface area contributed by atoms with E-state index in [1.165, 1.54) is 17.2 Å². The fourth-order valence-corrected chi connectivity index (χ4v) is 2.34. The monoisotopic (exact) mass is 246 g/mol. The molecule has 1 heterocycles. The summed E-state index contributed by atoms with van der Waals surface area (Å²) in [6, 6.07) is 6.34. The van der Waals surface area contributed by atoms with Crippen LogP contribution in [-0.2, 0) is 6.54 Å². The Morgan fingerprint density at radius 1 is 1.41 bits per heavy atom. The van der Waals surface area contributed by atoms with Crippen molar-refractivity contribution in [2.24, 2.45) is 0 Å². The van der Waals surface area contributed by atoms with E-state index in [9.17, 15) is 4.39 Å². The molecule has 2 nitrogen and oxygen atoms in total. The summed E-state index contributed by atoms with van der Waals surface area (Å²) in [6.45, 7) is 2.63. The molecule has 86 valence electrons. The van der Waals surface area contributed by atoms with Gasteiger partial charge in [-0.25, -0.2) is 4.39 Å². The molecule has 1 aromatic carbocycles. The van der Waals surface area contributed by atoms with Crippen LogP contribution in [0.4, 0.5) is 10.1 Å². The van der Waals surface area contributed by atoms with Crippen LogP contribution in [0.25, 0.3) is 0 Å². The minimum atomic E-state index is -0.392. The lowest BCUT2D eigenvalue weighted by Gasteiger charge is -2.07. The molecule has 0 bridgehead atoms. The Morgan fingerprint density at radius 2 is 2.24 bits per heavy atom. The first-order valence-corrected chi connectivity index (χ1v) is 6.10. The summed E-state index contributed by atoms with van der Waals surface area (Å²) >= 11 is 1.63. The zero-order valence-corrected chi connectivity index (χ0v) is 10.1. The Labute approximate surface area is 103 Å². The number of nitrogens with zero attached hydrogens (tertiary/aromatic N) is 1. The van der Waals surface area contributed by atoms with Gasteiger partial charge in [0.2, 0.25) is 0 Å². The maximum atomic E-state index is 13.6. The van der Waals surface area contributed by atoms with E-state index >= 15 is 0 Å². The number of anilines is 1. The summed E-state index contributed by atoms with van der Waals surface area (Å²) in [4.78, 5) is 0. The summed E-state index contributed by atoms with van der Waals surface area (Å²) in [5.74, 6) is -0.392. The summed E-state index contributed by atoms with van der Waals surface area (Å²) in [7, 11) is 0. The smallest absolute Gasteiger partial charge is 0.147 e. The number of benzene rings is 1. The minimum Gasteiger partial charge on any atom is -0.379 e. The summed E-state index contributed by atoms with van der Waals surface area (Å²) in [6.07, 6.45) is 0. The summed E-state index contributed by atoms with van der Waals surface area (Å²) in [5, 5.41) is 15.8. The summed E-state index contributed by atoms with van der Waals surface area (Å²) in [5.41, 5.74) is 3.13. The Balaban J connectivity index is 2.10. The number of halogens is 1. The lowest BCUT2D eigenvalue weighted by molar-refractivity contribution is 0.629. The average molecular weight is 246 g/mol. The normalized spacial score (nSPS) is 9.94. The number of hydrogen-bond donors (Lipinski definition) is 1. The van der Waals surface area contributed by atoms with Crippen molar-refractivity contribution in [2.75, 3.05) is 5.32 Å². The fourth-order valence-electron chi connectivity index (χ4n) is 1.49. The number of aryl methyl sites for hydroxylation is 1. The first-order chi connectivity index (χ1) is 8.20. The van der Waals surface area contributed by atoms with E-state index in [1.54, 1.807) is 23.5 Å². The van der Waals surface area contributed by atoms with Crippen LogP contribution in [0.3, 0.4) is 0 Å². The second-order valence-corrected chi connectivity index (χ2v) is 4.48. The second kappa shape index (κ2) is 4.98. The SMILES string of the molecule is Cc1cscc1CNc1ccc(C#N)cc1F. The Kier molecular flexibility index (Phi) is 3.40. The molecule has 1 aromatic heterocycles. The van der Waals surface area contributed by atoms with Gasteiger partial charge in [-0.3, -0.25) is 0 Å². The third-order valence-corrected chi connectivity index (χ3v) is 3.44. The van der Waals surface area contributed by atoms with Gasteiger partial charge in [0.05, 0.1) is 17.3 Å². The molecule has 0 saturated heterocycles. The Morgan fingerprint density at radius 3 is 2.82 bits per heavy atom. The molecule has 2 rings (SSSR count). The van der Waals surface area contributed by atoms with E-state index in [2.05, 4.69) is 10.7 Å². The molecular formula is C13H11FN2S. The van der Waals surface area contributed by atoms with Gasteiger partial charge in [0.25, 0.3) is 0 Å². The highest BCUT2D eigenvalue weighted by atomic mass is 32.1. The van der Waals surface area contributed by atoms with Crippen LogP contribution in [0.2, 0.25) is 0 Å². The predicted molar refractivity (Wildman–Crippen MR) is 67.5 cm³/mol. The number of thiophene rings is 1. The van der Waals surface area contributed by atoms with Crippen molar-refractivity contribution in [2.45, 2.75) is 13.5 Å². The average Bonchev–Trinajstić information content (AvgIpc) is 2.73. The van der Waals surface area contributed by atoms with Crippen molar-refractivity contribution in [3.8, 4) is 6.07 Å². The number of hydrogen-bond acceptors (Lipinski definition) is 3. The van der Waals surface area contributed by atoms with Gasteiger partial charge < -0.3 is 5.32 Å². The van der Waals surface area contributed by atoms with Crippen LogP contribution in [0, 0.1) is 24.1 Å². The lowest BCUT2D eigenvalue weighted by atomic mass is 10.2. The van der Waals surface area contributed by atoms with Gasteiger partial charge in [-0.2, -0.15) is 16.6 Å². The molecule has 0 spiro atoms. The van der Waals surface area contributed by atoms with E-state index in [1.807, 2.05) is 18.4 Å². The molecule has 2 aromatic rings. The standard InChI is InChI=1S/C13H11FN2S/c1-9-7-17-8-11(9)6-16-13-3-2-10(5-15)4-12(13)14/h2-4,7-8,16H,6H2,1H3. The highest BCUT2D eigenvalue weighted by Crippen LogP contribution is 2.19. The Bertz CT molecular complexity index is 569. The van der Waals surface area contributed by atoms with Crippen molar-refractivity contribution in [3.05, 3.63) is 51.5 Å². The van der Waals surface area contributed by atoms with E-state index in [0.29, 0.717) is 17.8 Å². The predicted octanol–water partition coefficient (Wildman–Crippen LogP) is 3.68. The molecule has 0 aliphatic heterocycles. The number of nitriles is 1. The highest BCUT2D eigenvalue weighted by Gasteiger charge is 2.04. The molecule has 0 radical (unpaired) electrons. The van der Waals surface area contributed by atoms with Gasteiger partial charge >= 0.3 is 0 Å². The quantitative estimate of drug-likeness (QED) is 0.896. The van der Waals surface area contributed by atoms with E-state index < -0.39 is 5.82 Å². The summed E-state index contributed by atoms with van der Waals surface area (Å²) < 4.78 is 13.6. The van der Waals surface area contributed by atoms with Crippen molar-refractivity contribution in [3.63, 3.8) is 0 Å². The van der Waals surface area contributed by atoms with Crippen molar-refractivity contribution < 1.29 is 4.39 Å². The maximum Gasteiger partial charge on any atom is 0.147 e. The molecule has 0 unspecified atom stereocenters. The number of rotatable bonds is 3. The van der Waals surface area contributed by atoms with Crippen molar-refractivity contribution >= 4 is 17.0 Å². The highest BCUT2D eigenvalue weighted by molar-refractivity contribution is 7.08. The van der Waals surface area contributed by atoms with Gasteiger partial charge in [-0.15, -0.1) is 0 Å². The third-order valence-electron chi connectivity index (χ3n) is 2.53. The van der Waals surface area contributed by atoms with Crippen LogP contribution in [-0.4, -0.2) is 0 Å². The number of nitrogens with one attached hydrogen (secondary N) is 1. The van der Waals surface area contributed by atoms with Gasteiger partial charge in [-0.05, 0) is 47.0 Å². The Hall–Kier alpha value is -1.86. The lowest BCUT2D eigenvalue weighted by Crippen LogP contribution is -2.01. The molecule has 0 fully saturated rings. The molecule has 17 heavy (non-hydrogen) atoms. The largest absolute Gasteiger partial charge is 0.379 e. The van der Waals surface area contributed by atoms with Gasteiger partial charge in [0.15, 0.2) is 0 Å². The van der Waals surface area contributed by atoms with Gasteiger partial charge in [0, 0.05) is 6.54 Å². The van der Waals surface area contributed by atoms with Crippen LogP contribution in [0.1, 0.15) is 16.7 Å². The molecular weight excluding hydrogens is 235 g/mol. The minimum absolute atomic E-state index is 0.333. The topological polar surface area (TPSA) is 35.8 Å². The van der Waals surface area contributed by atoms with E-state index in [4.69, 9.17) is 5.26 Å². The van der Waals surface area contributed by atoms with E-state index in [0.717, 1.165) is 0 Å². The second-order valence-electron chi connectivity index (χ2n) is 3.74. The molecule has 0 aliphatic rings. The van der Waals surface area contributed by atoms with Gasteiger partial charge in [-0.1, -0.05) is 0 Å². The first kappa shape index (κ1) is 11.6. The van der Waals surface area contributed by atoms with E-state index in [-0.39, 0.29) is 0 Å². The van der Waals surface area contributed by atoms with Crippen LogP contribution >= 0.6 is 11.3 Å². The molecule has 4 heteroatoms. The maximum absolute atomic E-state index is 13.6. The molecule has 0 saturated carbocycles. The molecule has 0 aliphatic carbocycles. The van der Waals surface area contributed by atoms with Crippen LogP contribution in [0.15, 0.2) is 29.0 Å². The molecule has 0 atom stereocenters. The molecule has 1 N–H and O–H groups in total. The zero-order valence-electron chi connectivity index (χ0n) is 9.33. The van der Waals surface area contributed by atoms with Crippen molar-refractivity contribution in [1.82, 2.24) is 0 Å². The fraction of sp³-hybridized carbons (Fsp3) is 0.154. The molecule has 0 amide bonds.